The molecular formula is C26H20F4N4O5. The van der Waals surface area contributed by atoms with E-state index in [1.54, 1.807) is 6.11 Å². The van der Waals surface area contributed by atoms with E-state index in [2.05, 4.69) is 21.2 Å². The molecule has 202 valence electrons. The third kappa shape index (κ3) is 5.47. The zero-order chi connectivity index (χ0) is 28.3. The summed E-state index contributed by atoms with van der Waals surface area (Å²) >= 11 is 0. The van der Waals surface area contributed by atoms with E-state index in [0.29, 0.717) is 0 Å². The number of alkyl halides is 3. The Morgan fingerprint density at radius 2 is 1.92 bits per heavy atom. The van der Waals surface area contributed by atoms with Crippen molar-refractivity contribution in [1.82, 2.24) is 15.3 Å². The summed E-state index contributed by atoms with van der Waals surface area (Å²) in [6, 6.07) is 7.68. The van der Waals surface area contributed by atoms with Crippen LogP contribution in [0.3, 0.4) is 0 Å². The van der Waals surface area contributed by atoms with E-state index in [1.165, 1.54) is 37.4 Å². The summed E-state index contributed by atoms with van der Waals surface area (Å²) in [6.45, 7) is -0.661. The number of hydrogen-bond acceptors (Lipinski definition) is 8. The van der Waals surface area contributed by atoms with Gasteiger partial charge in [0.1, 0.15) is 34.9 Å². The number of carbonyl (C=O) groups is 1. The molecule has 0 bridgehead atoms. The van der Waals surface area contributed by atoms with Crippen LogP contribution in [0.25, 0.3) is 22.4 Å². The van der Waals surface area contributed by atoms with E-state index < -0.39 is 48.0 Å². The number of aliphatic hydroxyl groups is 2. The van der Waals surface area contributed by atoms with E-state index in [4.69, 9.17) is 20.0 Å². The molecule has 2 unspecified atom stereocenters. The molecule has 2 atom stereocenters. The van der Waals surface area contributed by atoms with Gasteiger partial charge in [-0.1, -0.05) is 18.2 Å². The zero-order valence-corrected chi connectivity index (χ0v) is 20.1. The van der Waals surface area contributed by atoms with Crippen LogP contribution in [0.4, 0.5) is 17.6 Å². The van der Waals surface area contributed by atoms with Gasteiger partial charge in [0.05, 0.1) is 19.8 Å². The summed E-state index contributed by atoms with van der Waals surface area (Å²) in [5, 5.41) is 21.4. The van der Waals surface area contributed by atoms with Crippen molar-refractivity contribution < 1.29 is 41.7 Å². The number of ether oxygens (including phenoxy) is 1. The van der Waals surface area contributed by atoms with Gasteiger partial charge in [-0.25, -0.2) is 14.4 Å². The van der Waals surface area contributed by atoms with E-state index >= 15 is 0 Å². The van der Waals surface area contributed by atoms with Crippen LogP contribution >= 0.6 is 0 Å². The molecular weight excluding hydrogens is 524 g/mol. The van der Waals surface area contributed by atoms with Gasteiger partial charge in [0, 0.05) is 16.5 Å². The third-order valence-electron chi connectivity index (χ3n) is 5.70. The number of rotatable bonds is 7. The summed E-state index contributed by atoms with van der Waals surface area (Å²) in [5.74, 6) is 0.139. The van der Waals surface area contributed by atoms with Crippen molar-refractivity contribution in [3.63, 3.8) is 0 Å². The minimum atomic E-state index is -4.71. The Morgan fingerprint density at radius 3 is 2.56 bits per heavy atom. The number of nitrogens with two attached hydrogens (primary N) is 1. The van der Waals surface area contributed by atoms with E-state index in [-0.39, 0.29) is 39.4 Å². The fourth-order valence-electron chi connectivity index (χ4n) is 3.86. The topological polar surface area (TPSA) is 144 Å². The van der Waals surface area contributed by atoms with Gasteiger partial charge in [0.15, 0.2) is 11.5 Å². The number of fused-ring (bicyclic) bond motifs is 1. The zero-order valence-electron chi connectivity index (χ0n) is 20.1. The van der Waals surface area contributed by atoms with Gasteiger partial charge in [-0.2, -0.15) is 13.2 Å². The number of nitrogens with one attached hydrogen (secondary N) is 1. The Labute approximate surface area is 218 Å². The number of nitrogens with zero attached hydrogens (tertiary/aromatic N) is 2. The third-order valence-corrected chi connectivity index (χ3v) is 5.70. The second-order valence-electron chi connectivity index (χ2n) is 8.10. The SMILES string of the molecule is COc1ccc(-c2nc(C(=O)NC(CO)c3ccccc3F)c(C(N)C#CO)o2)c2ccc(C(F)(F)F)nc12. The predicted molar refractivity (Wildman–Crippen MR) is 129 cm³/mol. The van der Waals surface area contributed by atoms with Crippen molar-refractivity contribution >= 4 is 16.8 Å². The maximum atomic E-state index is 14.3. The lowest BCUT2D eigenvalue weighted by atomic mass is 10.1. The first-order valence-electron chi connectivity index (χ1n) is 11.2. The molecule has 2 aromatic carbocycles. The molecule has 9 nitrogen and oxygen atoms in total. The summed E-state index contributed by atoms with van der Waals surface area (Å²) in [7, 11) is 1.27. The van der Waals surface area contributed by atoms with Crippen molar-refractivity contribution in [1.29, 1.82) is 0 Å². The number of aromatic nitrogens is 2. The van der Waals surface area contributed by atoms with Gasteiger partial charge in [0.2, 0.25) is 5.89 Å². The summed E-state index contributed by atoms with van der Waals surface area (Å²) in [4.78, 5) is 21.1. The number of hydrogen-bond donors (Lipinski definition) is 4. The molecule has 1 amide bonds. The van der Waals surface area contributed by atoms with Gasteiger partial charge in [0.25, 0.3) is 5.91 Å². The van der Waals surface area contributed by atoms with E-state index in [1.807, 2.05) is 0 Å². The van der Waals surface area contributed by atoms with Crippen molar-refractivity contribution in [3.05, 3.63) is 77.1 Å². The quantitative estimate of drug-likeness (QED) is 0.203. The van der Waals surface area contributed by atoms with Gasteiger partial charge in [-0.15, -0.1) is 0 Å². The first-order chi connectivity index (χ1) is 18.6. The molecule has 39 heavy (non-hydrogen) atoms. The van der Waals surface area contributed by atoms with Crippen molar-refractivity contribution in [2.75, 3.05) is 13.7 Å². The van der Waals surface area contributed by atoms with Crippen LogP contribution in [0.5, 0.6) is 5.75 Å². The summed E-state index contributed by atoms with van der Waals surface area (Å²) in [5.41, 5.74) is 4.40. The molecule has 4 aromatic rings. The molecule has 5 N–H and O–H groups in total. The molecule has 0 saturated heterocycles. The first-order valence-corrected chi connectivity index (χ1v) is 11.2. The molecule has 2 heterocycles. The maximum absolute atomic E-state index is 14.3. The van der Waals surface area contributed by atoms with Crippen LogP contribution in [0, 0.1) is 17.8 Å². The Hall–Kier alpha value is -4.67. The Kier molecular flexibility index (Phi) is 7.70. The van der Waals surface area contributed by atoms with Crippen molar-refractivity contribution in [2.45, 2.75) is 18.3 Å². The standard InChI is InChI=1S/C26H20F4N4O5/c1-38-19-8-6-14(13-7-9-20(26(28,29)30)33-21(13)19)25-34-22(23(39-25)17(31)10-11-35)24(37)32-18(12-36)15-4-2-3-5-16(15)27/h2-9,17-18,35-36H,12,31H2,1H3,(H,32,37). The number of benzene rings is 2. The lowest BCUT2D eigenvalue weighted by Crippen LogP contribution is -2.32. The summed E-state index contributed by atoms with van der Waals surface area (Å²) in [6.07, 6.45) is -3.10. The van der Waals surface area contributed by atoms with Gasteiger partial charge >= 0.3 is 6.18 Å². The average Bonchev–Trinajstić information content (AvgIpc) is 3.36. The molecule has 0 aliphatic heterocycles. The number of amides is 1. The highest BCUT2D eigenvalue weighted by Gasteiger charge is 2.33. The molecule has 0 saturated carbocycles. The second kappa shape index (κ2) is 11.0. The Morgan fingerprint density at radius 1 is 1.18 bits per heavy atom. The molecule has 0 fully saturated rings. The smallest absolute Gasteiger partial charge is 0.433 e. The van der Waals surface area contributed by atoms with Crippen LogP contribution in [0.1, 0.15) is 39.6 Å². The summed E-state index contributed by atoms with van der Waals surface area (Å²) < 4.78 is 65.1. The van der Waals surface area contributed by atoms with Crippen LogP contribution in [0.15, 0.2) is 52.9 Å². The van der Waals surface area contributed by atoms with Gasteiger partial charge in [-0.3, -0.25) is 4.79 Å². The van der Waals surface area contributed by atoms with E-state index in [9.17, 15) is 27.5 Å². The van der Waals surface area contributed by atoms with Gasteiger partial charge in [-0.05, 0) is 36.3 Å². The monoisotopic (exact) mass is 544 g/mol. The molecule has 2 aromatic heterocycles. The first kappa shape index (κ1) is 27.4. The van der Waals surface area contributed by atoms with Crippen LogP contribution in [0.2, 0.25) is 0 Å². The number of halogens is 4. The predicted octanol–water partition coefficient (Wildman–Crippen LogP) is 3.85. The molecule has 4 rings (SSSR count). The minimum Gasteiger partial charge on any atom is -0.494 e. The number of pyridine rings is 1. The highest BCUT2D eigenvalue weighted by atomic mass is 19.4. The van der Waals surface area contributed by atoms with Crippen LogP contribution in [-0.2, 0) is 6.18 Å². The van der Waals surface area contributed by atoms with Crippen molar-refractivity contribution in [3.8, 4) is 29.2 Å². The fraction of sp³-hybridized carbons (Fsp3) is 0.192. The molecule has 0 aliphatic carbocycles. The average molecular weight is 544 g/mol. The normalized spacial score (nSPS) is 12.9. The molecule has 0 aliphatic rings. The Balaban J connectivity index is 1.83. The molecule has 0 spiro atoms. The lowest BCUT2D eigenvalue weighted by Gasteiger charge is -2.17. The lowest BCUT2D eigenvalue weighted by molar-refractivity contribution is -0.140. The second-order valence-corrected chi connectivity index (χ2v) is 8.10. The Bertz CT molecular complexity index is 1590. The van der Waals surface area contributed by atoms with E-state index in [0.717, 1.165) is 18.2 Å². The van der Waals surface area contributed by atoms with Crippen LogP contribution < -0.4 is 15.8 Å². The minimum absolute atomic E-state index is 0.00533. The number of oxazole rings is 1. The fourth-order valence-corrected chi connectivity index (χ4v) is 3.86. The van der Waals surface area contributed by atoms with Gasteiger partial charge < -0.3 is 30.4 Å². The molecule has 0 radical (unpaired) electrons. The number of methoxy groups -OCH3 is 1. The molecule has 13 heteroatoms. The highest BCUT2D eigenvalue weighted by Crippen LogP contribution is 2.37. The van der Waals surface area contributed by atoms with Crippen molar-refractivity contribution in [2.24, 2.45) is 5.73 Å². The number of carbonyl (C=O) groups excluding carboxylic acids is 1. The number of aliphatic hydroxyl groups excluding tert-OH is 2. The maximum Gasteiger partial charge on any atom is 0.433 e. The largest absolute Gasteiger partial charge is 0.494 e. The van der Waals surface area contributed by atoms with Crippen LogP contribution in [-0.4, -0.2) is 39.8 Å². The highest BCUT2D eigenvalue weighted by molar-refractivity contribution is 5.98.